The minimum Gasteiger partial charge on any atom is -0.389 e. The summed E-state index contributed by atoms with van der Waals surface area (Å²) in [5.74, 6) is -1.31. The quantitative estimate of drug-likeness (QED) is 0.863. The molecule has 130 valence electrons. The van der Waals surface area contributed by atoms with Crippen molar-refractivity contribution in [1.82, 2.24) is 15.1 Å². The van der Waals surface area contributed by atoms with E-state index in [9.17, 15) is 18.7 Å². The van der Waals surface area contributed by atoms with E-state index in [-0.39, 0.29) is 18.1 Å². The Morgan fingerprint density at radius 2 is 1.92 bits per heavy atom. The molecule has 1 heterocycles. The van der Waals surface area contributed by atoms with Crippen molar-refractivity contribution in [2.24, 2.45) is 0 Å². The number of anilines is 1. The zero-order chi connectivity index (χ0) is 17.9. The molecule has 0 saturated heterocycles. The van der Waals surface area contributed by atoms with Crippen molar-refractivity contribution in [1.29, 1.82) is 0 Å². The number of hydrogen-bond donors (Lipinski definition) is 2. The predicted molar refractivity (Wildman–Crippen MR) is 87.0 cm³/mol. The number of urea groups is 1. The Labute approximate surface area is 142 Å². The van der Waals surface area contributed by atoms with Crippen molar-refractivity contribution < 1.29 is 18.7 Å². The summed E-state index contributed by atoms with van der Waals surface area (Å²) < 4.78 is 26.4. The molecule has 2 rings (SSSR count). The number of benzene rings is 1. The number of carbonyl (C=O) groups is 1. The van der Waals surface area contributed by atoms with Crippen molar-refractivity contribution in [3.8, 4) is 0 Å². The van der Waals surface area contributed by atoms with Crippen LogP contribution in [0.3, 0.4) is 0 Å². The van der Waals surface area contributed by atoms with Gasteiger partial charge in [0.2, 0.25) is 5.13 Å². The van der Waals surface area contributed by atoms with Gasteiger partial charge in [0, 0.05) is 19.5 Å². The summed E-state index contributed by atoms with van der Waals surface area (Å²) in [4.78, 5) is 13.3. The Hall–Kier alpha value is -2.13. The van der Waals surface area contributed by atoms with Crippen molar-refractivity contribution >= 4 is 22.5 Å². The highest BCUT2D eigenvalue weighted by atomic mass is 32.1. The predicted octanol–water partition coefficient (Wildman–Crippen LogP) is 2.64. The van der Waals surface area contributed by atoms with Gasteiger partial charge in [-0.2, -0.15) is 0 Å². The van der Waals surface area contributed by atoms with E-state index in [4.69, 9.17) is 0 Å². The number of halogens is 2. The fourth-order valence-electron chi connectivity index (χ4n) is 2.10. The van der Waals surface area contributed by atoms with Crippen LogP contribution in [0.4, 0.5) is 18.7 Å². The molecule has 1 aromatic carbocycles. The number of hydrogen-bond acceptors (Lipinski definition) is 5. The number of nitrogens with zero attached hydrogens (tertiary/aromatic N) is 3. The molecular weight excluding hydrogens is 338 g/mol. The molecule has 0 bridgehead atoms. The van der Waals surface area contributed by atoms with Gasteiger partial charge in [-0.25, -0.2) is 13.6 Å². The Morgan fingerprint density at radius 1 is 1.29 bits per heavy atom. The lowest BCUT2D eigenvalue weighted by Gasteiger charge is -2.25. The van der Waals surface area contributed by atoms with Gasteiger partial charge in [0.1, 0.15) is 16.6 Å². The van der Waals surface area contributed by atoms with Gasteiger partial charge < -0.3 is 10.0 Å². The molecule has 0 spiro atoms. The molecule has 0 aliphatic rings. The second-order valence-corrected chi connectivity index (χ2v) is 7.12. The average molecular weight is 356 g/mol. The van der Waals surface area contributed by atoms with E-state index in [0.29, 0.717) is 10.6 Å². The number of aromatic nitrogens is 2. The van der Waals surface area contributed by atoms with E-state index in [2.05, 4.69) is 15.5 Å². The minimum absolute atomic E-state index is 0.146. The molecule has 0 aliphatic carbocycles. The van der Waals surface area contributed by atoms with E-state index >= 15 is 0 Å². The van der Waals surface area contributed by atoms with Crippen LogP contribution in [0.25, 0.3) is 0 Å². The van der Waals surface area contributed by atoms with Crippen molar-refractivity contribution in [3.05, 3.63) is 40.4 Å². The highest BCUT2D eigenvalue weighted by Crippen LogP contribution is 2.20. The summed E-state index contributed by atoms with van der Waals surface area (Å²) in [5, 5.41) is 20.8. The lowest BCUT2D eigenvalue weighted by molar-refractivity contribution is 0.0550. The van der Waals surface area contributed by atoms with Crippen LogP contribution in [-0.4, -0.2) is 45.4 Å². The SMILES string of the molecule is CN(CC(C)(C)O)C(=O)Nc1nnc(Cc2cc(F)cc(F)c2)s1. The van der Waals surface area contributed by atoms with Gasteiger partial charge in [-0.15, -0.1) is 10.2 Å². The maximum Gasteiger partial charge on any atom is 0.323 e. The average Bonchev–Trinajstić information content (AvgIpc) is 2.82. The highest BCUT2D eigenvalue weighted by Gasteiger charge is 2.20. The normalized spacial score (nSPS) is 11.4. The molecule has 2 amide bonds. The summed E-state index contributed by atoms with van der Waals surface area (Å²) in [6.45, 7) is 3.34. The van der Waals surface area contributed by atoms with Crippen LogP contribution in [-0.2, 0) is 6.42 Å². The molecule has 9 heteroatoms. The molecule has 0 saturated carbocycles. The van der Waals surface area contributed by atoms with Gasteiger partial charge in [0.05, 0.1) is 12.1 Å². The third-order valence-corrected chi connectivity index (χ3v) is 3.77. The molecular formula is C15H18F2N4O2S. The van der Waals surface area contributed by atoms with Crippen molar-refractivity contribution in [2.75, 3.05) is 18.9 Å². The van der Waals surface area contributed by atoms with Crippen molar-refractivity contribution in [3.63, 3.8) is 0 Å². The Balaban J connectivity index is 1.99. The van der Waals surface area contributed by atoms with Crippen LogP contribution in [0.2, 0.25) is 0 Å². The summed E-state index contributed by atoms with van der Waals surface area (Å²) in [5.41, 5.74) is -0.583. The molecule has 0 atom stereocenters. The van der Waals surface area contributed by atoms with E-state index in [1.54, 1.807) is 20.9 Å². The molecule has 0 aliphatic heterocycles. The molecule has 0 fully saturated rings. The number of nitrogens with one attached hydrogen (secondary N) is 1. The lowest BCUT2D eigenvalue weighted by atomic mass is 10.1. The molecule has 1 aromatic heterocycles. The Bertz CT molecular complexity index is 710. The first-order chi connectivity index (χ1) is 11.1. The maximum atomic E-state index is 13.2. The summed E-state index contributed by atoms with van der Waals surface area (Å²) in [6.07, 6.45) is 0.210. The summed E-state index contributed by atoms with van der Waals surface area (Å²) in [6, 6.07) is 2.81. The van der Waals surface area contributed by atoms with Crippen LogP contribution < -0.4 is 5.32 Å². The van der Waals surface area contributed by atoms with Crippen LogP contribution in [0.15, 0.2) is 18.2 Å². The number of likely N-dealkylation sites (N-methyl/N-ethyl adjacent to an activating group) is 1. The lowest BCUT2D eigenvalue weighted by Crippen LogP contribution is -2.41. The van der Waals surface area contributed by atoms with Gasteiger partial charge in [0.25, 0.3) is 0 Å². The minimum atomic E-state index is -1.01. The molecule has 0 radical (unpaired) electrons. The standard InChI is InChI=1S/C15H18F2N4O2S/c1-15(2,23)8-21(3)14(22)18-13-20-19-12(24-13)6-9-4-10(16)7-11(17)5-9/h4-5,7,23H,6,8H2,1-3H3,(H,18,20,22). The highest BCUT2D eigenvalue weighted by molar-refractivity contribution is 7.15. The number of aliphatic hydroxyl groups is 1. The van der Waals surface area contributed by atoms with Crippen LogP contribution in [0.5, 0.6) is 0 Å². The van der Waals surface area contributed by atoms with E-state index in [1.807, 2.05) is 0 Å². The van der Waals surface area contributed by atoms with Gasteiger partial charge in [-0.05, 0) is 31.5 Å². The van der Waals surface area contributed by atoms with E-state index < -0.39 is 23.3 Å². The first kappa shape index (κ1) is 18.2. The topological polar surface area (TPSA) is 78.4 Å². The zero-order valence-corrected chi connectivity index (χ0v) is 14.3. The molecule has 6 nitrogen and oxygen atoms in total. The smallest absolute Gasteiger partial charge is 0.323 e. The monoisotopic (exact) mass is 356 g/mol. The Kier molecular flexibility index (Phi) is 5.45. The number of carbonyl (C=O) groups excluding carboxylic acids is 1. The van der Waals surface area contributed by atoms with Gasteiger partial charge in [-0.1, -0.05) is 11.3 Å². The molecule has 2 aromatic rings. The van der Waals surface area contributed by atoms with Crippen LogP contribution in [0, 0.1) is 11.6 Å². The molecule has 2 N–H and O–H groups in total. The third kappa shape index (κ3) is 5.50. The fourth-order valence-corrected chi connectivity index (χ4v) is 2.87. The number of rotatable bonds is 5. The first-order valence-electron chi connectivity index (χ1n) is 7.14. The molecule has 0 unspecified atom stereocenters. The third-order valence-electron chi connectivity index (χ3n) is 2.93. The van der Waals surface area contributed by atoms with Crippen molar-refractivity contribution in [2.45, 2.75) is 25.9 Å². The summed E-state index contributed by atoms with van der Waals surface area (Å²) in [7, 11) is 1.55. The second-order valence-electron chi connectivity index (χ2n) is 6.05. The van der Waals surface area contributed by atoms with Gasteiger partial charge >= 0.3 is 6.03 Å². The van der Waals surface area contributed by atoms with Gasteiger partial charge in [0.15, 0.2) is 0 Å². The Morgan fingerprint density at radius 3 is 2.50 bits per heavy atom. The number of amides is 2. The fraction of sp³-hybridized carbons (Fsp3) is 0.400. The van der Waals surface area contributed by atoms with Gasteiger partial charge in [-0.3, -0.25) is 5.32 Å². The zero-order valence-electron chi connectivity index (χ0n) is 13.5. The largest absolute Gasteiger partial charge is 0.389 e. The molecule has 24 heavy (non-hydrogen) atoms. The first-order valence-corrected chi connectivity index (χ1v) is 7.96. The van der Waals surface area contributed by atoms with Crippen LogP contribution in [0.1, 0.15) is 24.4 Å². The van der Waals surface area contributed by atoms with Crippen LogP contribution >= 0.6 is 11.3 Å². The summed E-state index contributed by atoms with van der Waals surface area (Å²) >= 11 is 1.11. The second kappa shape index (κ2) is 7.18. The van der Waals surface area contributed by atoms with E-state index in [0.717, 1.165) is 17.4 Å². The van der Waals surface area contributed by atoms with E-state index in [1.165, 1.54) is 17.0 Å². The maximum absolute atomic E-state index is 13.2.